The normalized spacial score (nSPS) is 15.0. The second-order valence-corrected chi connectivity index (χ2v) is 12.2. The van der Waals surface area contributed by atoms with E-state index in [4.69, 9.17) is 44.5 Å². The summed E-state index contributed by atoms with van der Waals surface area (Å²) >= 11 is 23.0. The number of hydrogen-bond donors (Lipinski definition) is 1. The van der Waals surface area contributed by atoms with Gasteiger partial charge in [0.15, 0.2) is 11.8 Å². The molecule has 5 rings (SSSR count). The molecular formula is C31H21BrCl3N3O3S. The van der Waals surface area contributed by atoms with Gasteiger partial charge < -0.3 is 10.1 Å². The highest BCUT2D eigenvalue weighted by Crippen LogP contribution is 2.38. The molecule has 4 aromatic rings. The van der Waals surface area contributed by atoms with Gasteiger partial charge in [0.25, 0.3) is 11.8 Å². The number of nitrogens with one attached hydrogen (secondary N) is 1. The smallest absolute Gasteiger partial charge is 0.271 e. The molecule has 0 saturated carbocycles. The van der Waals surface area contributed by atoms with Crippen LogP contribution in [0.4, 0.5) is 17.1 Å². The first-order valence-electron chi connectivity index (χ1n) is 12.5. The van der Waals surface area contributed by atoms with Crippen LogP contribution in [0.3, 0.4) is 0 Å². The molecule has 42 heavy (non-hydrogen) atoms. The van der Waals surface area contributed by atoms with Crippen molar-refractivity contribution in [3.8, 4) is 5.75 Å². The van der Waals surface area contributed by atoms with Crippen LogP contribution >= 0.6 is 62.5 Å². The zero-order valence-corrected chi connectivity index (χ0v) is 26.6. The average Bonchev–Trinajstić information content (AvgIpc) is 3.26. The predicted octanol–water partition coefficient (Wildman–Crippen LogP) is 9.54. The fourth-order valence-corrected chi connectivity index (χ4v) is 5.82. The van der Waals surface area contributed by atoms with Crippen LogP contribution < -0.4 is 15.0 Å². The standard InChI is InChI=1S/C31H21BrCl3N3O3S/c1-18-2-8-23(16-26(18)35)36-29(39)17-41-27-13-3-19(14-25(27)32)15-28-30(40)38(24-11-6-21(34)7-12-24)31(42-28)37-22-9-4-20(33)5-10-22/h2-16H,17H2,1H3,(H,36,39)/b28-15-,37-31?. The minimum atomic E-state index is -0.323. The molecule has 0 aromatic heterocycles. The first kappa shape index (κ1) is 30.2. The molecule has 0 aliphatic carbocycles. The van der Waals surface area contributed by atoms with Crippen molar-refractivity contribution in [1.29, 1.82) is 0 Å². The van der Waals surface area contributed by atoms with E-state index >= 15 is 0 Å². The summed E-state index contributed by atoms with van der Waals surface area (Å²) in [7, 11) is 0. The van der Waals surface area contributed by atoms with E-state index in [2.05, 4.69) is 21.2 Å². The number of amidine groups is 1. The molecule has 1 saturated heterocycles. The average molecular weight is 702 g/mol. The molecule has 1 aliphatic rings. The van der Waals surface area contributed by atoms with Crippen molar-refractivity contribution in [2.45, 2.75) is 6.92 Å². The number of carbonyl (C=O) groups excluding carboxylic acids is 2. The Kier molecular flexibility index (Phi) is 9.60. The molecule has 0 spiro atoms. The Morgan fingerprint density at radius 1 is 0.976 bits per heavy atom. The number of amides is 2. The Morgan fingerprint density at radius 3 is 2.33 bits per heavy atom. The quantitative estimate of drug-likeness (QED) is 0.195. The maximum Gasteiger partial charge on any atom is 0.271 e. The number of carbonyl (C=O) groups is 2. The lowest BCUT2D eigenvalue weighted by atomic mass is 10.2. The van der Waals surface area contributed by atoms with Gasteiger partial charge in [-0.05, 0) is 125 Å². The van der Waals surface area contributed by atoms with Gasteiger partial charge in [-0.15, -0.1) is 0 Å². The number of anilines is 2. The number of aryl methyl sites for hydroxylation is 1. The van der Waals surface area contributed by atoms with Crippen molar-refractivity contribution in [2.75, 3.05) is 16.8 Å². The molecule has 0 radical (unpaired) electrons. The number of aliphatic imine (C=N–C) groups is 1. The fourth-order valence-electron chi connectivity index (χ4n) is 3.88. The zero-order chi connectivity index (χ0) is 29.8. The van der Waals surface area contributed by atoms with Crippen LogP contribution in [0.1, 0.15) is 11.1 Å². The molecule has 212 valence electrons. The first-order chi connectivity index (χ1) is 20.2. The van der Waals surface area contributed by atoms with E-state index in [0.29, 0.717) is 52.4 Å². The maximum absolute atomic E-state index is 13.6. The van der Waals surface area contributed by atoms with Crippen LogP contribution in [0.5, 0.6) is 5.75 Å². The molecule has 0 atom stereocenters. The Labute approximate surface area is 270 Å². The Bertz CT molecular complexity index is 1730. The molecule has 1 N–H and O–H groups in total. The maximum atomic E-state index is 13.6. The summed E-state index contributed by atoms with van der Waals surface area (Å²) < 4.78 is 6.34. The van der Waals surface area contributed by atoms with Crippen molar-refractivity contribution in [2.24, 2.45) is 4.99 Å². The minimum absolute atomic E-state index is 0.195. The molecule has 4 aromatic carbocycles. The van der Waals surface area contributed by atoms with Gasteiger partial charge in [0, 0.05) is 20.8 Å². The number of benzene rings is 4. The monoisotopic (exact) mass is 699 g/mol. The number of nitrogens with zero attached hydrogens (tertiary/aromatic N) is 2. The van der Waals surface area contributed by atoms with E-state index in [0.717, 1.165) is 11.1 Å². The van der Waals surface area contributed by atoms with E-state index in [1.165, 1.54) is 11.8 Å². The third kappa shape index (κ3) is 7.38. The molecule has 0 unspecified atom stereocenters. The van der Waals surface area contributed by atoms with Crippen molar-refractivity contribution >= 4 is 103 Å². The Morgan fingerprint density at radius 2 is 1.67 bits per heavy atom. The second kappa shape index (κ2) is 13.4. The Balaban J connectivity index is 1.33. The van der Waals surface area contributed by atoms with Gasteiger partial charge in [0.1, 0.15) is 5.75 Å². The lowest BCUT2D eigenvalue weighted by Gasteiger charge is -2.15. The first-order valence-corrected chi connectivity index (χ1v) is 15.2. The van der Waals surface area contributed by atoms with Crippen LogP contribution in [0.2, 0.25) is 15.1 Å². The van der Waals surface area contributed by atoms with Crippen molar-refractivity contribution in [3.63, 3.8) is 0 Å². The highest BCUT2D eigenvalue weighted by molar-refractivity contribution is 9.10. The number of halogens is 4. The fraction of sp³-hybridized carbons (Fsp3) is 0.0645. The molecule has 1 fully saturated rings. The molecule has 1 heterocycles. The third-order valence-electron chi connectivity index (χ3n) is 6.01. The largest absolute Gasteiger partial charge is 0.483 e. The summed E-state index contributed by atoms with van der Waals surface area (Å²) in [6.45, 7) is 1.69. The van der Waals surface area contributed by atoms with Crippen LogP contribution in [-0.2, 0) is 9.59 Å². The number of thioether (sulfide) groups is 1. The summed E-state index contributed by atoms with van der Waals surface area (Å²) in [5.74, 6) is -0.0671. The van der Waals surface area contributed by atoms with Gasteiger partial charge in [-0.25, -0.2) is 4.99 Å². The molecular weight excluding hydrogens is 681 g/mol. The van der Waals surface area contributed by atoms with Gasteiger partial charge in [-0.2, -0.15) is 0 Å². The number of ether oxygens (including phenoxy) is 1. The topological polar surface area (TPSA) is 71.0 Å². The Hall–Kier alpha value is -3.27. The number of hydrogen-bond acceptors (Lipinski definition) is 5. The van der Waals surface area contributed by atoms with Crippen molar-refractivity contribution < 1.29 is 14.3 Å². The van der Waals surface area contributed by atoms with Crippen LogP contribution in [0, 0.1) is 6.92 Å². The van der Waals surface area contributed by atoms with Gasteiger partial charge in [0.2, 0.25) is 0 Å². The predicted molar refractivity (Wildman–Crippen MR) is 178 cm³/mol. The van der Waals surface area contributed by atoms with Gasteiger partial charge in [-0.3, -0.25) is 14.5 Å². The van der Waals surface area contributed by atoms with Gasteiger partial charge >= 0.3 is 0 Å². The van der Waals surface area contributed by atoms with E-state index in [9.17, 15) is 9.59 Å². The summed E-state index contributed by atoms with van der Waals surface area (Å²) in [6, 6.07) is 24.7. The van der Waals surface area contributed by atoms with E-state index in [1.807, 2.05) is 19.1 Å². The van der Waals surface area contributed by atoms with Crippen LogP contribution in [-0.4, -0.2) is 23.6 Å². The lowest BCUT2D eigenvalue weighted by Crippen LogP contribution is -2.28. The van der Waals surface area contributed by atoms with Gasteiger partial charge in [-0.1, -0.05) is 46.9 Å². The summed E-state index contributed by atoms with van der Waals surface area (Å²) in [5.41, 5.74) is 3.57. The molecule has 2 amide bonds. The van der Waals surface area contributed by atoms with E-state index < -0.39 is 0 Å². The summed E-state index contributed by atoms with van der Waals surface area (Å²) in [6.07, 6.45) is 1.78. The highest BCUT2D eigenvalue weighted by Gasteiger charge is 2.34. The van der Waals surface area contributed by atoms with E-state index in [1.54, 1.807) is 83.8 Å². The molecule has 1 aliphatic heterocycles. The second-order valence-electron chi connectivity index (χ2n) is 9.09. The SMILES string of the molecule is Cc1ccc(NC(=O)COc2ccc(/C=C3\SC(=Nc4ccc(Cl)cc4)N(c4ccc(Cl)cc4)C3=O)cc2Br)cc1Cl. The lowest BCUT2D eigenvalue weighted by molar-refractivity contribution is -0.118. The van der Waals surface area contributed by atoms with Gasteiger partial charge in [0.05, 0.1) is 20.8 Å². The summed E-state index contributed by atoms with van der Waals surface area (Å²) in [5, 5.41) is 4.99. The van der Waals surface area contributed by atoms with Crippen LogP contribution in [0.25, 0.3) is 6.08 Å². The van der Waals surface area contributed by atoms with Crippen LogP contribution in [0.15, 0.2) is 99.3 Å². The third-order valence-corrected chi connectivity index (χ3v) is 8.51. The van der Waals surface area contributed by atoms with Crippen molar-refractivity contribution in [1.82, 2.24) is 0 Å². The molecule has 0 bridgehead atoms. The highest BCUT2D eigenvalue weighted by atomic mass is 79.9. The number of rotatable bonds is 7. The zero-order valence-electron chi connectivity index (χ0n) is 21.9. The molecule has 11 heteroatoms. The van der Waals surface area contributed by atoms with E-state index in [-0.39, 0.29) is 18.4 Å². The summed E-state index contributed by atoms with van der Waals surface area (Å²) in [4.78, 5) is 32.7. The minimum Gasteiger partial charge on any atom is -0.483 e. The van der Waals surface area contributed by atoms with Crippen molar-refractivity contribution in [3.05, 3.63) is 121 Å². The molecule has 6 nitrogen and oxygen atoms in total.